The Labute approximate surface area is 544 Å². The standard InChI is InChI=1S/C64H102O30/c1-11-25(2)50(80)87-34-20-57(4,5)18-31-63-17-13-30-59(8)15-14-33(58(6,7)29(59)12-16-60(30,9)61(63,10)19-32(68)64(31,34)56(81)94-63)88-54-47(93-51-41(75)38(72)36(70)27(21-65)85-51)43(42(76)44(90-54)49(78)79)89-53-46(40(74)37(71)28(22-66)86-53)91-52-45(39(73)35(69)26(3)84-52)92-55-48(77)62(82,23-67)24-83-55/h11,26-48,51-56,65-77,81-82H,12-24H2,1-10H3,(H,78,79)/b25-11+. The van der Waals surface area contributed by atoms with Gasteiger partial charge in [0.25, 0.3) is 0 Å². The highest BCUT2D eigenvalue weighted by molar-refractivity contribution is 5.87. The topological polar surface area (TPSA) is 469 Å². The van der Waals surface area contributed by atoms with Crippen molar-refractivity contribution in [1.29, 1.82) is 0 Å². The Hall–Kier alpha value is -2.36. The monoisotopic (exact) mass is 1350 g/mol. The number of allylic oxidation sites excluding steroid dienone is 1. The number of hydrogen-bond acceptors (Lipinski definition) is 29. The van der Waals surface area contributed by atoms with Gasteiger partial charge in [-0.3, -0.25) is 0 Å². The zero-order valence-electron chi connectivity index (χ0n) is 54.9. The van der Waals surface area contributed by atoms with Gasteiger partial charge in [-0.25, -0.2) is 9.59 Å². The van der Waals surface area contributed by atoms with Gasteiger partial charge in [0.15, 0.2) is 43.8 Å². The number of carboxylic acid groups (broad SMARTS) is 1. The molecule has 11 aliphatic rings. The third kappa shape index (κ3) is 11.2. The van der Waals surface area contributed by atoms with Gasteiger partial charge in [0.2, 0.25) is 0 Å². The zero-order chi connectivity index (χ0) is 68.9. The lowest BCUT2D eigenvalue weighted by Gasteiger charge is -2.75. The minimum atomic E-state index is -2.34. The molecule has 0 aromatic rings. The molecule has 6 aliphatic heterocycles. The molecule has 6 saturated heterocycles. The molecule has 0 radical (unpaired) electrons. The fourth-order valence-corrected chi connectivity index (χ4v) is 19.9. The molecule has 5 saturated carbocycles. The van der Waals surface area contributed by atoms with Crippen molar-refractivity contribution in [3.8, 4) is 0 Å². The molecule has 0 aromatic carbocycles. The molecule has 1 spiro atoms. The summed E-state index contributed by atoms with van der Waals surface area (Å²) in [6, 6.07) is 0. The van der Waals surface area contributed by atoms with E-state index in [1.807, 2.05) is 13.8 Å². The number of fused-ring (bicyclic) bond motifs is 4. The minimum absolute atomic E-state index is 0.00991. The van der Waals surface area contributed by atoms with Gasteiger partial charge in [-0.1, -0.05) is 54.5 Å². The molecule has 5 aliphatic carbocycles. The first kappa shape index (κ1) is 72.9. The summed E-state index contributed by atoms with van der Waals surface area (Å²) in [7, 11) is 0. The summed E-state index contributed by atoms with van der Waals surface area (Å²) in [4.78, 5) is 27.0. The van der Waals surface area contributed by atoms with Gasteiger partial charge < -0.3 is 139 Å². The molecule has 6 heterocycles. The van der Waals surface area contributed by atoms with Crippen molar-refractivity contribution >= 4 is 11.9 Å². The molecule has 0 aromatic heterocycles. The molecular formula is C64H102O30. The molecule has 11 rings (SSSR count). The number of carboxylic acids is 1. The molecule has 2 bridgehead atoms. The fourth-order valence-electron chi connectivity index (χ4n) is 19.9. The maximum absolute atomic E-state index is 13.6. The molecule has 16 N–H and O–H groups in total. The Morgan fingerprint density at radius 3 is 1.77 bits per heavy atom. The van der Waals surface area contributed by atoms with Crippen LogP contribution < -0.4 is 0 Å². The van der Waals surface area contributed by atoms with Gasteiger partial charge in [-0.15, -0.1) is 0 Å². The largest absolute Gasteiger partial charge is 0.479 e. The average molecular weight is 1350 g/mol. The van der Waals surface area contributed by atoms with E-state index < -0.39 is 236 Å². The highest BCUT2D eigenvalue weighted by Crippen LogP contribution is 2.81. The summed E-state index contributed by atoms with van der Waals surface area (Å²) >= 11 is 0. The fraction of sp³-hybridized carbons (Fsp3) is 0.938. The first-order valence-corrected chi connectivity index (χ1v) is 33.2. The van der Waals surface area contributed by atoms with E-state index >= 15 is 0 Å². The maximum Gasteiger partial charge on any atom is 0.335 e. The van der Waals surface area contributed by atoms with Crippen LogP contribution in [0.2, 0.25) is 0 Å². The molecule has 30 nitrogen and oxygen atoms in total. The quantitative estimate of drug-likeness (QED) is 0.0417. The Balaban J connectivity index is 0.909. The van der Waals surface area contributed by atoms with Crippen LogP contribution in [0.15, 0.2) is 11.6 Å². The number of aliphatic hydroxyl groups is 15. The molecule has 538 valence electrons. The number of ether oxygens (including phenoxy) is 12. The van der Waals surface area contributed by atoms with Crippen molar-refractivity contribution in [2.45, 2.75) is 298 Å². The van der Waals surface area contributed by atoms with Crippen LogP contribution in [0.3, 0.4) is 0 Å². The summed E-state index contributed by atoms with van der Waals surface area (Å²) < 4.78 is 74.9. The second-order valence-corrected chi connectivity index (χ2v) is 31.1. The summed E-state index contributed by atoms with van der Waals surface area (Å²) in [5.41, 5.74) is -6.94. The van der Waals surface area contributed by atoms with E-state index in [0.717, 1.165) is 0 Å². The Morgan fingerprint density at radius 2 is 1.15 bits per heavy atom. The molecule has 11 fully saturated rings. The Morgan fingerprint density at radius 1 is 0.574 bits per heavy atom. The first-order chi connectivity index (χ1) is 43.9. The van der Waals surface area contributed by atoms with Crippen molar-refractivity contribution in [2.75, 3.05) is 26.4 Å². The number of carbonyl (C=O) groups excluding carboxylic acids is 1. The molecule has 94 heavy (non-hydrogen) atoms. The number of carbonyl (C=O) groups is 2. The lowest BCUT2D eigenvalue weighted by atomic mass is 9.30. The van der Waals surface area contributed by atoms with Crippen LogP contribution in [0.4, 0.5) is 0 Å². The van der Waals surface area contributed by atoms with Gasteiger partial charge in [0.05, 0.1) is 55.8 Å². The van der Waals surface area contributed by atoms with Crippen LogP contribution in [0.1, 0.15) is 127 Å². The smallest absolute Gasteiger partial charge is 0.335 e. The first-order valence-electron chi connectivity index (χ1n) is 33.2. The number of rotatable bonds is 16. The van der Waals surface area contributed by atoms with E-state index in [1.54, 1.807) is 19.9 Å². The second-order valence-electron chi connectivity index (χ2n) is 31.1. The van der Waals surface area contributed by atoms with Gasteiger partial charge in [0.1, 0.15) is 103 Å². The predicted molar refractivity (Wildman–Crippen MR) is 314 cm³/mol. The van der Waals surface area contributed by atoms with Crippen molar-refractivity contribution in [2.24, 2.45) is 50.2 Å². The summed E-state index contributed by atoms with van der Waals surface area (Å²) in [6.45, 7) is 16.2. The summed E-state index contributed by atoms with van der Waals surface area (Å²) in [5, 5.41) is 180. The maximum atomic E-state index is 13.6. The van der Waals surface area contributed by atoms with E-state index in [1.165, 1.54) is 6.92 Å². The number of esters is 1. The van der Waals surface area contributed by atoms with Crippen LogP contribution in [0, 0.1) is 50.2 Å². The van der Waals surface area contributed by atoms with E-state index in [9.17, 15) is 91.3 Å². The normalized spacial score (nSPS) is 54.6. The van der Waals surface area contributed by atoms with Gasteiger partial charge in [0, 0.05) is 16.9 Å². The lowest BCUT2D eigenvalue weighted by Crippen LogP contribution is -2.75. The average Bonchev–Trinajstić information content (AvgIpc) is 1.37. The van der Waals surface area contributed by atoms with E-state index in [0.29, 0.717) is 56.9 Å². The van der Waals surface area contributed by atoms with Gasteiger partial charge in [-0.05, 0) is 112 Å². The van der Waals surface area contributed by atoms with Crippen molar-refractivity contribution in [3.05, 3.63) is 11.6 Å². The highest BCUT2D eigenvalue weighted by atomic mass is 16.8. The third-order valence-electron chi connectivity index (χ3n) is 25.4. The minimum Gasteiger partial charge on any atom is -0.479 e. The number of aliphatic carboxylic acids is 1. The van der Waals surface area contributed by atoms with Crippen LogP contribution >= 0.6 is 0 Å². The Kier molecular flexibility index (Phi) is 20.1. The molecule has 0 amide bonds. The number of hydrogen-bond donors (Lipinski definition) is 16. The molecule has 35 unspecified atom stereocenters. The summed E-state index contributed by atoms with van der Waals surface area (Å²) in [6.07, 6.45) is -41.1. The van der Waals surface area contributed by atoms with Crippen LogP contribution in [0.25, 0.3) is 0 Å². The summed E-state index contributed by atoms with van der Waals surface area (Å²) in [5.74, 6) is -2.82. The second kappa shape index (κ2) is 25.9. The Bertz CT molecular complexity index is 2760. The van der Waals surface area contributed by atoms with Crippen LogP contribution in [-0.4, -0.2) is 291 Å². The number of aliphatic hydroxyl groups excluding tert-OH is 14. The van der Waals surface area contributed by atoms with Crippen molar-refractivity contribution in [3.63, 3.8) is 0 Å². The van der Waals surface area contributed by atoms with Gasteiger partial charge >= 0.3 is 11.9 Å². The lowest BCUT2D eigenvalue weighted by molar-refractivity contribution is -0.409. The molecule has 30 heteroatoms. The van der Waals surface area contributed by atoms with Crippen LogP contribution in [0.5, 0.6) is 0 Å². The molecule has 35 atom stereocenters. The van der Waals surface area contributed by atoms with E-state index in [-0.39, 0.29) is 29.6 Å². The van der Waals surface area contributed by atoms with E-state index in [2.05, 4.69) is 34.6 Å². The van der Waals surface area contributed by atoms with Crippen LogP contribution in [-0.2, 0) is 66.4 Å². The SMILES string of the molecule is C/C=C(\C)C(=O)OC1CC(C)(C)CC2C13C(O)CC1(C)C4(C)CCC5C(C)(C)C(OC6OC(C(=O)O)C(O)C(OC7OC(CO)C(O)C(O)C7OC7OC(C)C(O)C(O)C7OC7OCC(O)(CO)C7O)C6OC6OC(CO)C(O)C(O)C6O)CCC5(C)C4CCC21OC3O. The zero-order valence-corrected chi connectivity index (χ0v) is 54.9. The van der Waals surface area contributed by atoms with Crippen molar-refractivity contribution in [1.82, 2.24) is 0 Å². The predicted octanol–water partition coefficient (Wildman–Crippen LogP) is -2.96. The van der Waals surface area contributed by atoms with Gasteiger partial charge in [-0.2, -0.15) is 0 Å². The van der Waals surface area contributed by atoms with E-state index in [4.69, 9.17) is 56.8 Å². The van der Waals surface area contributed by atoms with Crippen molar-refractivity contribution < 1.29 is 148 Å². The molecular weight excluding hydrogens is 1250 g/mol. The third-order valence-corrected chi connectivity index (χ3v) is 25.4. The highest BCUT2D eigenvalue weighted by Gasteiger charge is 2.84.